The number of fused-ring (bicyclic) bond motifs is 1. The normalized spacial score (nSPS) is 18.9. The van der Waals surface area contributed by atoms with Crippen LogP contribution in [0.1, 0.15) is 34.1 Å². The van der Waals surface area contributed by atoms with Crippen LogP contribution >= 0.6 is 11.3 Å². The Kier molecular flexibility index (Phi) is 4.84. The number of nitrogens with zero attached hydrogens (tertiary/aromatic N) is 1. The zero-order valence-corrected chi connectivity index (χ0v) is 17.0. The highest BCUT2D eigenvalue weighted by molar-refractivity contribution is 7.21. The Hall–Kier alpha value is -3.19. The van der Waals surface area contributed by atoms with Crippen molar-refractivity contribution in [2.75, 3.05) is 0 Å². The van der Waals surface area contributed by atoms with Gasteiger partial charge in [0.1, 0.15) is 5.54 Å². The van der Waals surface area contributed by atoms with E-state index in [1.165, 1.54) is 11.3 Å². The standard InChI is InChI=1S/C22H21N3O3S/c1-14-16-10-6-7-11-17(16)29-18(14)19(26)24-25-20(27)22(2,23-21(25)28)13-12-15-8-4-3-5-9-15/h3-11H,12-13H2,1-2H3,(H,23,28)(H,24,26). The molecule has 1 aliphatic heterocycles. The SMILES string of the molecule is Cc1c(C(=O)NN2C(=O)NC(C)(CCc3ccccc3)C2=O)sc2ccccc12. The van der Waals surface area contributed by atoms with Gasteiger partial charge in [0.2, 0.25) is 0 Å². The number of carbonyl (C=O) groups is 3. The summed E-state index contributed by atoms with van der Waals surface area (Å²) in [4.78, 5) is 38.6. The van der Waals surface area contributed by atoms with Gasteiger partial charge in [-0.05, 0) is 49.3 Å². The number of aryl methyl sites for hydroxylation is 2. The number of urea groups is 1. The fraction of sp³-hybridized carbons (Fsp3) is 0.227. The molecule has 7 heteroatoms. The summed E-state index contributed by atoms with van der Waals surface area (Å²) in [5.41, 5.74) is 3.35. The zero-order chi connectivity index (χ0) is 20.6. The van der Waals surface area contributed by atoms with Gasteiger partial charge >= 0.3 is 6.03 Å². The third-order valence-electron chi connectivity index (χ3n) is 5.28. The maximum Gasteiger partial charge on any atom is 0.344 e. The lowest BCUT2D eigenvalue weighted by Crippen LogP contribution is -2.48. The van der Waals surface area contributed by atoms with Gasteiger partial charge in [-0.15, -0.1) is 11.3 Å². The number of hydrogen-bond acceptors (Lipinski definition) is 4. The van der Waals surface area contributed by atoms with Gasteiger partial charge in [-0.3, -0.25) is 15.0 Å². The molecule has 6 nitrogen and oxygen atoms in total. The first kappa shape index (κ1) is 19.1. The predicted molar refractivity (Wildman–Crippen MR) is 113 cm³/mol. The number of nitrogens with one attached hydrogen (secondary N) is 2. The van der Waals surface area contributed by atoms with Gasteiger partial charge in [0.05, 0.1) is 4.88 Å². The highest BCUT2D eigenvalue weighted by Gasteiger charge is 2.48. The summed E-state index contributed by atoms with van der Waals surface area (Å²) in [5.74, 6) is -0.912. The van der Waals surface area contributed by atoms with Crippen molar-refractivity contribution in [1.82, 2.24) is 15.8 Å². The molecule has 2 N–H and O–H groups in total. The Labute approximate surface area is 172 Å². The Morgan fingerprint density at radius 3 is 2.52 bits per heavy atom. The summed E-state index contributed by atoms with van der Waals surface area (Å²) in [6.07, 6.45) is 1.08. The van der Waals surface area contributed by atoms with Crippen LogP contribution in [-0.4, -0.2) is 28.4 Å². The van der Waals surface area contributed by atoms with Crippen LogP contribution in [0, 0.1) is 6.92 Å². The van der Waals surface area contributed by atoms with Gasteiger partial charge in [-0.2, -0.15) is 5.01 Å². The molecule has 0 spiro atoms. The molecule has 0 aliphatic carbocycles. The molecule has 148 valence electrons. The number of hydrogen-bond donors (Lipinski definition) is 2. The van der Waals surface area contributed by atoms with Crippen molar-refractivity contribution in [2.24, 2.45) is 0 Å². The van der Waals surface area contributed by atoms with Crippen molar-refractivity contribution >= 4 is 39.3 Å². The molecule has 1 fully saturated rings. The summed E-state index contributed by atoms with van der Waals surface area (Å²) in [7, 11) is 0. The number of amides is 4. The maximum absolute atomic E-state index is 12.9. The van der Waals surface area contributed by atoms with Crippen LogP contribution in [0.4, 0.5) is 4.79 Å². The molecule has 2 heterocycles. The van der Waals surface area contributed by atoms with Crippen LogP contribution in [0.3, 0.4) is 0 Å². The van der Waals surface area contributed by atoms with E-state index in [0.29, 0.717) is 17.7 Å². The number of thiophene rings is 1. The molecule has 0 radical (unpaired) electrons. The van der Waals surface area contributed by atoms with Crippen molar-refractivity contribution in [3.8, 4) is 0 Å². The van der Waals surface area contributed by atoms with Crippen LogP contribution in [-0.2, 0) is 11.2 Å². The minimum atomic E-state index is -1.06. The average Bonchev–Trinajstić information content (AvgIpc) is 3.17. The van der Waals surface area contributed by atoms with Gasteiger partial charge < -0.3 is 5.32 Å². The van der Waals surface area contributed by atoms with Gasteiger partial charge in [0.25, 0.3) is 11.8 Å². The predicted octanol–water partition coefficient (Wildman–Crippen LogP) is 3.80. The van der Waals surface area contributed by atoms with E-state index in [2.05, 4.69) is 10.7 Å². The van der Waals surface area contributed by atoms with Crippen molar-refractivity contribution in [3.05, 3.63) is 70.6 Å². The molecule has 1 aliphatic rings. The maximum atomic E-state index is 12.9. The Bertz CT molecular complexity index is 1110. The van der Waals surface area contributed by atoms with E-state index in [-0.39, 0.29) is 0 Å². The first-order valence-corrected chi connectivity index (χ1v) is 10.2. The van der Waals surface area contributed by atoms with E-state index < -0.39 is 23.4 Å². The van der Waals surface area contributed by atoms with Crippen LogP contribution in [0.5, 0.6) is 0 Å². The molecule has 1 saturated heterocycles. The van der Waals surface area contributed by atoms with E-state index in [9.17, 15) is 14.4 Å². The second-order valence-electron chi connectivity index (χ2n) is 7.38. The van der Waals surface area contributed by atoms with Gasteiger partial charge in [-0.25, -0.2) is 4.79 Å². The van der Waals surface area contributed by atoms with Crippen LogP contribution < -0.4 is 10.7 Å². The summed E-state index contributed by atoms with van der Waals surface area (Å²) in [6.45, 7) is 3.55. The second-order valence-corrected chi connectivity index (χ2v) is 8.43. The first-order valence-electron chi connectivity index (χ1n) is 9.39. The van der Waals surface area contributed by atoms with E-state index in [4.69, 9.17) is 0 Å². The topological polar surface area (TPSA) is 78.5 Å². The number of hydrazine groups is 1. The zero-order valence-electron chi connectivity index (χ0n) is 16.2. The lowest BCUT2D eigenvalue weighted by atomic mass is 9.93. The van der Waals surface area contributed by atoms with Gasteiger partial charge in [-0.1, -0.05) is 48.5 Å². The Morgan fingerprint density at radius 2 is 1.79 bits per heavy atom. The summed E-state index contributed by atoms with van der Waals surface area (Å²) >= 11 is 1.34. The lowest BCUT2D eigenvalue weighted by molar-refractivity contribution is -0.132. The molecule has 1 atom stereocenters. The summed E-state index contributed by atoms with van der Waals surface area (Å²) in [6, 6.07) is 16.9. The first-order chi connectivity index (χ1) is 13.9. The molecule has 1 aromatic heterocycles. The quantitative estimate of drug-likeness (QED) is 0.632. The minimum Gasteiger partial charge on any atom is -0.322 e. The van der Waals surface area contributed by atoms with Gasteiger partial charge in [0, 0.05) is 4.70 Å². The van der Waals surface area contributed by atoms with E-state index in [1.807, 2.05) is 61.5 Å². The van der Waals surface area contributed by atoms with Crippen molar-refractivity contribution in [1.29, 1.82) is 0 Å². The molecule has 1 unspecified atom stereocenters. The smallest absolute Gasteiger partial charge is 0.322 e. The second kappa shape index (κ2) is 7.33. The molecule has 3 aromatic rings. The third kappa shape index (κ3) is 3.49. The molecular formula is C22H21N3O3S. The molecule has 0 bridgehead atoms. The third-order valence-corrected chi connectivity index (χ3v) is 6.55. The molecule has 2 aromatic carbocycles. The van der Waals surface area contributed by atoms with Crippen molar-refractivity contribution in [2.45, 2.75) is 32.2 Å². The number of rotatable bonds is 5. The molecule has 4 amide bonds. The summed E-state index contributed by atoms with van der Waals surface area (Å²) < 4.78 is 0.986. The highest BCUT2D eigenvalue weighted by atomic mass is 32.1. The number of carbonyl (C=O) groups excluding carboxylic acids is 3. The van der Waals surface area contributed by atoms with Crippen LogP contribution in [0.15, 0.2) is 54.6 Å². The van der Waals surface area contributed by atoms with Gasteiger partial charge in [0.15, 0.2) is 0 Å². The molecule has 29 heavy (non-hydrogen) atoms. The Morgan fingerprint density at radius 1 is 1.10 bits per heavy atom. The number of imide groups is 1. The fourth-order valence-electron chi connectivity index (χ4n) is 3.54. The van der Waals surface area contributed by atoms with E-state index in [0.717, 1.165) is 26.2 Å². The average molecular weight is 407 g/mol. The monoisotopic (exact) mass is 407 g/mol. The molecule has 4 rings (SSSR count). The number of benzene rings is 2. The van der Waals surface area contributed by atoms with E-state index >= 15 is 0 Å². The van der Waals surface area contributed by atoms with E-state index in [1.54, 1.807) is 6.92 Å². The van der Waals surface area contributed by atoms with Crippen molar-refractivity contribution < 1.29 is 14.4 Å². The Balaban J connectivity index is 1.49. The highest BCUT2D eigenvalue weighted by Crippen LogP contribution is 2.31. The minimum absolute atomic E-state index is 0.440. The van der Waals surface area contributed by atoms with Crippen LogP contribution in [0.2, 0.25) is 0 Å². The molecular weight excluding hydrogens is 386 g/mol. The largest absolute Gasteiger partial charge is 0.344 e. The van der Waals surface area contributed by atoms with Crippen molar-refractivity contribution in [3.63, 3.8) is 0 Å². The lowest BCUT2D eigenvalue weighted by Gasteiger charge is -2.21. The fourth-order valence-corrected chi connectivity index (χ4v) is 4.64. The summed E-state index contributed by atoms with van der Waals surface area (Å²) in [5, 5.41) is 4.52. The van der Waals surface area contributed by atoms with Crippen LogP contribution in [0.25, 0.3) is 10.1 Å². The molecule has 0 saturated carbocycles.